The zero-order valence-electron chi connectivity index (χ0n) is 12.1. The van der Waals surface area contributed by atoms with Gasteiger partial charge in [0.05, 0.1) is 10.6 Å². The molecule has 0 unspecified atom stereocenters. The highest BCUT2D eigenvalue weighted by Crippen LogP contribution is 2.32. The summed E-state index contributed by atoms with van der Waals surface area (Å²) in [5.74, 6) is 1.00. The molecule has 0 bridgehead atoms. The summed E-state index contributed by atoms with van der Waals surface area (Å²) >= 11 is 3.49. The minimum Gasteiger partial charge on any atom is -0.309 e. The first-order valence-corrected chi connectivity index (χ1v) is 8.62. The molecule has 3 rings (SSSR count). The summed E-state index contributed by atoms with van der Waals surface area (Å²) < 4.78 is 1.30. The van der Waals surface area contributed by atoms with Crippen LogP contribution < -0.4 is 0 Å². The second-order valence-electron chi connectivity index (χ2n) is 5.02. The molecular formula is C16H17N3S2. The Labute approximate surface area is 133 Å². The molecule has 0 fully saturated rings. The van der Waals surface area contributed by atoms with Gasteiger partial charge in [0.2, 0.25) is 0 Å². The van der Waals surface area contributed by atoms with Crippen LogP contribution in [0.2, 0.25) is 0 Å². The number of nitrogens with zero attached hydrogens (tertiary/aromatic N) is 3. The Kier molecular flexibility index (Phi) is 4.53. The SMILES string of the molecule is CN(C)CCSc1nccc(-c2cc3ccccc3s2)n1. The van der Waals surface area contributed by atoms with Gasteiger partial charge in [0.25, 0.3) is 0 Å². The number of benzene rings is 1. The van der Waals surface area contributed by atoms with Crippen LogP contribution in [-0.4, -0.2) is 41.3 Å². The third-order valence-corrected chi connectivity index (χ3v) is 5.06. The van der Waals surface area contributed by atoms with E-state index in [4.69, 9.17) is 0 Å². The van der Waals surface area contributed by atoms with Gasteiger partial charge in [-0.2, -0.15) is 0 Å². The summed E-state index contributed by atoms with van der Waals surface area (Å²) in [7, 11) is 4.16. The van der Waals surface area contributed by atoms with E-state index in [-0.39, 0.29) is 0 Å². The Bertz CT molecular complexity index is 704. The first-order chi connectivity index (χ1) is 10.2. The van der Waals surface area contributed by atoms with Crippen LogP contribution >= 0.6 is 23.1 Å². The topological polar surface area (TPSA) is 29.0 Å². The molecule has 0 amide bonds. The zero-order valence-corrected chi connectivity index (χ0v) is 13.7. The Hall–Kier alpha value is -1.43. The third-order valence-electron chi connectivity index (χ3n) is 3.08. The second kappa shape index (κ2) is 6.56. The van der Waals surface area contributed by atoms with Gasteiger partial charge < -0.3 is 4.90 Å². The molecule has 0 saturated heterocycles. The van der Waals surface area contributed by atoms with Crippen molar-refractivity contribution in [1.29, 1.82) is 0 Å². The van der Waals surface area contributed by atoms with E-state index in [0.29, 0.717) is 0 Å². The summed E-state index contributed by atoms with van der Waals surface area (Å²) in [6, 6.07) is 12.6. The molecule has 0 aliphatic rings. The van der Waals surface area contributed by atoms with Crippen molar-refractivity contribution in [2.45, 2.75) is 5.16 Å². The summed E-state index contributed by atoms with van der Waals surface area (Å²) in [6.45, 7) is 1.03. The number of hydrogen-bond acceptors (Lipinski definition) is 5. The largest absolute Gasteiger partial charge is 0.309 e. The average Bonchev–Trinajstić information content (AvgIpc) is 2.91. The number of hydrogen-bond donors (Lipinski definition) is 0. The van der Waals surface area contributed by atoms with Gasteiger partial charge in [-0.05, 0) is 37.7 Å². The van der Waals surface area contributed by atoms with E-state index >= 15 is 0 Å². The van der Waals surface area contributed by atoms with Gasteiger partial charge in [0.15, 0.2) is 5.16 Å². The predicted octanol–water partition coefficient (Wildman–Crippen LogP) is 4.01. The fourth-order valence-corrected chi connectivity index (χ4v) is 3.94. The van der Waals surface area contributed by atoms with Crippen molar-refractivity contribution in [3.63, 3.8) is 0 Å². The number of rotatable bonds is 5. The van der Waals surface area contributed by atoms with Gasteiger partial charge in [0.1, 0.15) is 0 Å². The van der Waals surface area contributed by atoms with Crippen LogP contribution in [0.3, 0.4) is 0 Å². The van der Waals surface area contributed by atoms with Crippen molar-refractivity contribution in [3.05, 3.63) is 42.6 Å². The molecule has 0 radical (unpaired) electrons. The molecule has 0 spiro atoms. The average molecular weight is 315 g/mol. The Balaban J connectivity index is 1.81. The van der Waals surface area contributed by atoms with Gasteiger partial charge in [-0.15, -0.1) is 11.3 Å². The highest BCUT2D eigenvalue weighted by atomic mass is 32.2. The van der Waals surface area contributed by atoms with E-state index in [2.05, 4.69) is 59.3 Å². The van der Waals surface area contributed by atoms with Crippen LogP contribution in [-0.2, 0) is 0 Å². The lowest BCUT2D eigenvalue weighted by Crippen LogP contribution is -2.14. The van der Waals surface area contributed by atoms with E-state index < -0.39 is 0 Å². The maximum Gasteiger partial charge on any atom is 0.188 e. The molecule has 3 aromatic rings. The van der Waals surface area contributed by atoms with Crippen LogP contribution in [0.15, 0.2) is 47.8 Å². The van der Waals surface area contributed by atoms with Crippen LogP contribution in [0, 0.1) is 0 Å². The van der Waals surface area contributed by atoms with Gasteiger partial charge >= 0.3 is 0 Å². The number of aromatic nitrogens is 2. The fraction of sp³-hybridized carbons (Fsp3) is 0.250. The fourth-order valence-electron chi connectivity index (χ4n) is 1.98. The van der Waals surface area contributed by atoms with Crippen molar-refractivity contribution >= 4 is 33.2 Å². The molecule has 21 heavy (non-hydrogen) atoms. The molecule has 5 heteroatoms. The van der Waals surface area contributed by atoms with Gasteiger partial charge in [0, 0.05) is 23.2 Å². The molecule has 0 saturated carbocycles. The third kappa shape index (κ3) is 3.61. The van der Waals surface area contributed by atoms with E-state index in [1.54, 1.807) is 23.1 Å². The van der Waals surface area contributed by atoms with Crippen molar-refractivity contribution in [2.24, 2.45) is 0 Å². The standard InChI is InChI=1S/C16H17N3S2/c1-19(2)9-10-20-16-17-8-7-13(18-16)15-11-12-5-3-4-6-14(12)21-15/h3-8,11H,9-10H2,1-2H3. The molecule has 0 aliphatic heterocycles. The molecule has 108 valence electrons. The van der Waals surface area contributed by atoms with E-state index in [1.807, 2.05) is 12.3 Å². The summed E-state index contributed by atoms with van der Waals surface area (Å²) in [4.78, 5) is 12.4. The van der Waals surface area contributed by atoms with E-state index in [0.717, 1.165) is 23.1 Å². The monoisotopic (exact) mass is 315 g/mol. The van der Waals surface area contributed by atoms with Crippen molar-refractivity contribution in [2.75, 3.05) is 26.4 Å². The highest BCUT2D eigenvalue weighted by Gasteiger charge is 2.07. The molecule has 2 heterocycles. The van der Waals surface area contributed by atoms with Crippen LogP contribution in [0.4, 0.5) is 0 Å². The lowest BCUT2D eigenvalue weighted by molar-refractivity contribution is 0.437. The lowest BCUT2D eigenvalue weighted by atomic mass is 10.2. The molecule has 0 atom stereocenters. The van der Waals surface area contributed by atoms with E-state index in [1.165, 1.54) is 15.0 Å². The van der Waals surface area contributed by atoms with Crippen LogP contribution in [0.5, 0.6) is 0 Å². The minimum atomic E-state index is 0.854. The van der Waals surface area contributed by atoms with Crippen LogP contribution in [0.1, 0.15) is 0 Å². The molecule has 0 aliphatic carbocycles. The van der Waals surface area contributed by atoms with Crippen LogP contribution in [0.25, 0.3) is 20.7 Å². The van der Waals surface area contributed by atoms with Gasteiger partial charge in [-0.25, -0.2) is 9.97 Å². The maximum atomic E-state index is 4.68. The Morgan fingerprint density at radius 1 is 1.19 bits per heavy atom. The maximum absolute atomic E-state index is 4.68. The molecular weight excluding hydrogens is 298 g/mol. The summed E-state index contributed by atoms with van der Waals surface area (Å²) in [5, 5.41) is 2.13. The Morgan fingerprint density at radius 2 is 2.05 bits per heavy atom. The summed E-state index contributed by atoms with van der Waals surface area (Å²) in [5.41, 5.74) is 1.01. The normalized spacial score (nSPS) is 11.4. The minimum absolute atomic E-state index is 0.854. The first kappa shape index (κ1) is 14.5. The van der Waals surface area contributed by atoms with Crippen molar-refractivity contribution in [3.8, 4) is 10.6 Å². The van der Waals surface area contributed by atoms with Crippen molar-refractivity contribution < 1.29 is 0 Å². The number of fused-ring (bicyclic) bond motifs is 1. The highest BCUT2D eigenvalue weighted by molar-refractivity contribution is 7.99. The molecule has 2 aromatic heterocycles. The molecule has 1 aromatic carbocycles. The number of thioether (sulfide) groups is 1. The first-order valence-electron chi connectivity index (χ1n) is 6.82. The molecule has 0 N–H and O–H groups in total. The van der Waals surface area contributed by atoms with E-state index in [9.17, 15) is 0 Å². The number of thiophene rings is 1. The van der Waals surface area contributed by atoms with Gasteiger partial charge in [-0.1, -0.05) is 30.0 Å². The smallest absolute Gasteiger partial charge is 0.188 e. The quantitative estimate of drug-likeness (QED) is 0.525. The Morgan fingerprint density at radius 3 is 2.86 bits per heavy atom. The second-order valence-corrected chi connectivity index (χ2v) is 7.17. The predicted molar refractivity (Wildman–Crippen MR) is 92.1 cm³/mol. The zero-order chi connectivity index (χ0) is 14.7. The van der Waals surface area contributed by atoms with Gasteiger partial charge in [-0.3, -0.25) is 0 Å². The van der Waals surface area contributed by atoms with Crippen molar-refractivity contribution in [1.82, 2.24) is 14.9 Å². The molecule has 3 nitrogen and oxygen atoms in total. The summed E-state index contributed by atoms with van der Waals surface area (Å²) in [6.07, 6.45) is 1.85. The lowest BCUT2D eigenvalue weighted by Gasteiger charge is -2.08.